The molecule has 1 rings (SSSR count). The molecule has 5 N–H and O–H groups in total. The second-order valence-corrected chi connectivity index (χ2v) is 3.95. The van der Waals surface area contributed by atoms with Crippen molar-refractivity contribution in [1.82, 2.24) is 5.32 Å². The topological polar surface area (TPSA) is 64.1 Å². The molecule has 1 saturated carbocycles. The van der Waals surface area contributed by atoms with Gasteiger partial charge in [-0.1, -0.05) is 12.8 Å². The number of rotatable bonds is 4. The largest absolute Gasteiger partial charge is 0.316 e. The van der Waals surface area contributed by atoms with Gasteiger partial charge in [0.15, 0.2) is 0 Å². The van der Waals surface area contributed by atoms with Gasteiger partial charge in [-0.05, 0) is 26.2 Å². The van der Waals surface area contributed by atoms with Gasteiger partial charge in [0.05, 0.1) is 6.17 Å². The third-order valence-corrected chi connectivity index (χ3v) is 2.50. The lowest BCUT2D eigenvalue weighted by molar-refractivity contribution is 0.408. The van der Waals surface area contributed by atoms with Crippen LogP contribution in [0, 0.1) is 0 Å². The highest BCUT2D eigenvalue weighted by Crippen LogP contribution is 2.18. The molecule has 0 radical (unpaired) electrons. The maximum Gasteiger partial charge on any atom is 0.0535 e. The highest BCUT2D eigenvalue weighted by molar-refractivity contribution is 4.77. The summed E-state index contributed by atoms with van der Waals surface area (Å²) in [4.78, 5) is 0. The standard InChI is InChI=1S/C9H21N3/c1-7(6-9(10)11)12-8-4-2-3-5-8/h7-9,12H,2-6,10-11H2,1H3. The molecule has 3 heteroatoms. The maximum atomic E-state index is 5.51. The van der Waals surface area contributed by atoms with Gasteiger partial charge in [0.2, 0.25) is 0 Å². The van der Waals surface area contributed by atoms with E-state index in [1.165, 1.54) is 25.7 Å². The molecule has 0 saturated heterocycles. The molecule has 1 atom stereocenters. The van der Waals surface area contributed by atoms with Crippen LogP contribution in [0.25, 0.3) is 0 Å². The number of nitrogens with two attached hydrogens (primary N) is 2. The lowest BCUT2D eigenvalue weighted by atomic mass is 10.1. The van der Waals surface area contributed by atoms with Gasteiger partial charge in [-0.25, -0.2) is 0 Å². The molecule has 0 aromatic heterocycles. The summed E-state index contributed by atoms with van der Waals surface area (Å²) in [6.45, 7) is 2.16. The van der Waals surface area contributed by atoms with E-state index >= 15 is 0 Å². The lowest BCUT2D eigenvalue weighted by Gasteiger charge is -2.20. The highest BCUT2D eigenvalue weighted by atomic mass is 15.0. The molecule has 1 aliphatic rings. The van der Waals surface area contributed by atoms with E-state index in [9.17, 15) is 0 Å². The molecule has 72 valence electrons. The van der Waals surface area contributed by atoms with Gasteiger partial charge in [0.1, 0.15) is 0 Å². The van der Waals surface area contributed by atoms with Crippen LogP contribution in [-0.4, -0.2) is 18.2 Å². The summed E-state index contributed by atoms with van der Waals surface area (Å²) < 4.78 is 0. The predicted molar refractivity (Wildman–Crippen MR) is 51.6 cm³/mol. The Kier molecular flexibility index (Phi) is 3.98. The minimum atomic E-state index is -0.172. The molecule has 0 spiro atoms. The van der Waals surface area contributed by atoms with Crippen molar-refractivity contribution >= 4 is 0 Å². The van der Waals surface area contributed by atoms with Crippen LogP contribution in [0.5, 0.6) is 0 Å². The lowest BCUT2D eigenvalue weighted by Crippen LogP contribution is -2.42. The van der Waals surface area contributed by atoms with E-state index in [0.29, 0.717) is 6.04 Å². The van der Waals surface area contributed by atoms with Gasteiger partial charge in [-0.15, -0.1) is 0 Å². The predicted octanol–water partition coefficient (Wildman–Crippen LogP) is 0.541. The highest BCUT2D eigenvalue weighted by Gasteiger charge is 2.16. The minimum absolute atomic E-state index is 0.172. The van der Waals surface area contributed by atoms with Crippen molar-refractivity contribution < 1.29 is 0 Å². The fraction of sp³-hybridized carbons (Fsp3) is 1.00. The van der Waals surface area contributed by atoms with Gasteiger partial charge >= 0.3 is 0 Å². The first-order chi connectivity index (χ1) is 5.68. The van der Waals surface area contributed by atoms with E-state index in [4.69, 9.17) is 11.5 Å². The van der Waals surface area contributed by atoms with Crippen molar-refractivity contribution in [3.63, 3.8) is 0 Å². The Hall–Kier alpha value is -0.120. The number of hydrogen-bond acceptors (Lipinski definition) is 3. The first-order valence-electron chi connectivity index (χ1n) is 4.95. The third kappa shape index (κ3) is 3.52. The SMILES string of the molecule is CC(CC(N)N)NC1CCCC1. The van der Waals surface area contributed by atoms with Gasteiger partial charge in [-0.2, -0.15) is 0 Å². The van der Waals surface area contributed by atoms with Crippen LogP contribution in [-0.2, 0) is 0 Å². The monoisotopic (exact) mass is 171 g/mol. The van der Waals surface area contributed by atoms with Gasteiger partial charge < -0.3 is 16.8 Å². The third-order valence-electron chi connectivity index (χ3n) is 2.50. The molecular formula is C9H21N3. The molecule has 0 amide bonds. The van der Waals surface area contributed by atoms with Crippen LogP contribution in [0.15, 0.2) is 0 Å². The second kappa shape index (κ2) is 4.80. The second-order valence-electron chi connectivity index (χ2n) is 3.95. The number of hydrogen-bond donors (Lipinski definition) is 3. The average molecular weight is 171 g/mol. The molecule has 0 aliphatic heterocycles. The first-order valence-corrected chi connectivity index (χ1v) is 4.95. The van der Waals surface area contributed by atoms with E-state index in [0.717, 1.165) is 12.5 Å². The van der Waals surface area contributed by atoms with Crippen molar-refractivity contribution in [2.45, 2.75) is 57.3 Å². The Balaban J connectivity index is 2.11. The van der Waals surface area contributed by atoms with Crippen molar-refractivity contribution in [2.75, 3.05) is 0 Å². The van der Waals surface area contributed by atoms with Crippen LogP contribution in [0.2, 0.25) is 0 Å². The Morgan fingerprint density at radius 2 is 1.92 bits per heavy atom. The molecule has 0 bridgehead atoms. The van der Waals surface area contributed by atoms with Crippen LogP contribution in [0.4, 0.5) is 0 Å². The fourth-order valence-electron chi connectivity index (χ4n) is 1.97. The summed E-state index contributed by atoms with van der Waals surface area (Å²) in [5.74, 6) is 0. The van der Waals surface area contributed by atoms with Crippen LogP contribution < -0.4 is 16.8 Å². The smallest absolute Gasteiger partial charge is 0.0535 e. The van der Waals surface area contributed by atoms with Gasteiger partial charge in [0, 0.05) is 12.1 Å². The Labute approximate surface area is 74.9 Å². The van der Waals surface area contributed by atoms with Crippen LogP contribution in [0.3, 0.4) is 0 Å². The summed E-state index contributed by atoms with van der Waals surface area (Å²) in [5.41, 5.74) is 11.0. The molecule has 0 heterocycles. The quantitative estimate of drug-likeness (QED) is 0.541. The molecule has 3 nitrogen and oxygen atoms in total. The minimum Gasteiger partial charge on any atom is -0.316 e. The van der Waals surface area contributed by atoms with E-state index in [1.807, 2.05) is 0 Å². The summed E-state index contributed by atoms with van der Waals surface area (Å²) >= 11 is 0. The van der Waals surface area contributed by atoms with Crippen molar-refractivity contribution in [1.29, 1.82) is 0 Å². The molecule has 1 fully saturated rings. The van der Waals surface area contributed by atoms with Crippen molar-refractivity contribution in [3.8, 4) is 0 Å². The van der Waals surface area contributed by atoms with E-state index in [-0.39, 0.29) is 6.17 Å². The molecule has 1 aliphatic carbocycles. The first kappa shape index (κ1) is 9.96. The number of nitrogens with one attached hydrogen (secondary N) is 1. The molecule has 0 aromatic carbocycles. The summed E-state index contributed by atoms with van der Waals surface area (Å²) in [6, 6.07) is 1.19. The zero-order chi connectivity index (χ0) is 8.97. The molecule has 0 aromatic rings. The summed E-state index contributed by atoms with van der Waals surface area (Å²) in [5, 5.41) is 3.55. The molecule has 1 unspecified atom stereocenters. The zero-order valence-corrected chi connectivity index (χ0v) is 7.92. The van der Waals surface area contributed by atoms with Crippen LogP contribution >= 0.6 is 0 Å². The Morgan fingerprint density at radius 3 is 2.42 bits per heavy atom. The van der Waals surface area contributed by atoms with Crippen LogP contribution in [0.1, 0.15) is 39.0 Å². The average Bonchev–Trinajstić information content (AvgIpc) is 2.37. The Morgan fingerprint density at radius 1 is 1.33 bits per heavy atom. The maximum absolute atomic E-state index is 5.51. The molecule has 12 heavy (non-hydrogen) atoms. The van der Waals surface area contributed by atoms with E-state index in [1.54, 1.807) is 0 Å². The van der Waals surface area contributed by atoms with Crippen molar-refractivity contribution in [3.05, 3.63) is 0 Å². The summed E-state index contributed by atoms with van der Waals surface area (Å²) in [6.07, 6.45) is 6.09. The molecular weight excluding hydrogens is 150 g/mol. The van der Waals surface area contributed by atoms with E-state index < -0.39 is 0 Å². The summed E-state index contributed by atoms with van der Waals surface area (Å²) in [7, 11) is 0. The van der Waals surface area contributed by atoms with E-state index in [2.05, 4.69) is 12.2 Å². The fourth-order valence-corrected chi connectivity index (χ4v) is 1.97. The zero-order valence-electron chi connectivity index (χ0n) is 7.92. The normalized spacial score (nSPS) is 22.0. The Bertz CT molecular complexity index is 119. The van der Waals surface area contributed by atoms with Gasteiger partial charge in [0.25, 0.3) is 0 Å². The van der Waals surface area contributed by atoms with Crippen molar-refractivity contribution in [2.24, 2.45) is 11.5 Å². The van der Waals surface area contributed by atoms with Gasteiger partial charge in [-0.3, -0.25) is 0 Å².